The van der Waals surface area contributed by atoms with Gasteiger partial charge in [-0.15, -0.1) is 11.3 Å². The normalized spacial score (nSPS) is 12.4. The summed E-state index contributed by atoms with van der Waals surface area (Å²) in [6, 6.07) is 5.64. The molecule has 0 bridgehead atoms. The van der Waals surface area contributed by atoms with Crippen molar-refractivity contribution in [1.82, 2.24) is 9.97 Å². The van der Waals surface area contributed by atoms with Gasteiger partial charge in [-0.3, -0.25) is 4.79 Å². The topological polar surface area (TPSA) is 72.0 Å². The molecule has 0 radical (unpaired) electrons. The van der Waals surface area contributed by atoms with E-state index in [1.54, 1.807) is 13.0 Å². The molecule has 2 heterocycles. The van der Waals surface area contributed by atoms with Gasteiger partial charge in [0.15, 0.2) is 11.9 Å². The van der Waals surface area contributed by atoms with Crippen molar-refractivity contribution in [2.45, 2.75) is 40.7 Å². The van der Waals surface area contributed by atoms with Crippen LogP contribution < -0.4 is 5.56 Å². The summed E-state index contributed by atoms with van der Waals surface area (Å²) in [5.41, 5.74) is 3.11. The second-order valence-corrected chi connectivity index (χ2v) is 7.48. The number of thiophene rings is 1. The van der Waals surface area contributed by atoms with Crippen LogP contribution in [0.15, 0.2) is 23.0 Å². The van der Waals surface area contributed by atoms with E-state index in [1.807, 2.05) is 39.8 Å². The largest absolute Gasteiger partial charge is 0.451 e. The SMILES string of the molecule is Cc1ccc(C)c(C(=O)OC(C)c2nc3sc(C)c(C)c3c(=O)[nH]2)c1. The number of aromatic nitrogens is 2. The van der Waals surface area contributed by atoms with E-state index in [4.69, 9.17) is 4.74 Å². The van der Waals surface area contributed by atoms with Crippen molar-refractivity contribution >= 4 is 27.5 Å². The van der Waals surface area contributed by atoms with E-state index >= 15 is 0 Å². The van der Waals surface area contributed by atoms with Gasteiger partial charge in [-0.25, -0.2) is 9.78 Å². The number of H-pyrrole nitrogens is 1. The molecule has 0 aliphatic rings. The van der Waals surface area contributed by atoms with E-state index < -0.39 is 12.1 Å². The molecule has 0 spiro atoms. The van der Waals surface area contributed by atoms with E-state index in [1.165, 1.54) is 11.3 Å². The highest BCUT2D eigenvalue weighted by Gasteiger charge is 2.20. The number of esters is 1. The standard InChI is InChI=1S/C19H20N2O3S/c1-9-6-7-10(2)14(8-9)19(23)24-12(4)16-20-17(22)15-11(3)13(5)25-18(15)21-16/h6-8,12H,1-5H3,(H,20,21,22). The van der Waals surface area contributed by atoms with Gasteiger partial charge in [0.1, 0.15) is 4.83 Å². The maximum Gasteiger partial charge on any atom is 0.339 e. The van der Waals surface area contributed by atoms with Crippen LogP contribution in [0.4, 0.5) is 0 Å². The summed E-state index contributed by atoms with van der Waals surface area (Å²) in [6.07, 6.45) is -0.646. The Hall–Kier alpha value is -2.47. The summed E-state index contributed by atoms with van der Waals surface area (Å²) in [5, 5.41) is 0.610. The number of hydrogen-bond donors (Lipinski definition) is 1. The number of carbonyl (C=O) groups is 1. The van der Waals surface area contributed by atoms with Gasteiger partial charge >= 0.3 is 5.97 Å². The molecule has 0 saturated heterocycles. The Morgan fingerprint density at radius 2 is 1.96 bits per heavy atom. The molecule has 0 amide bonds. The van der Waals surface area contributed by atoms with Crippen LogP contribution in [-0.2, 0) is 4.74 Å². The maximum atomic E-state index is 12.5. The molecule has 2 aromatic heterocycles. The van der Waals surface area contributed by atoms with Gasteiger partial charge in [0, 0.05) is 4.88 Å². The molecule has 5 nitrogen and oxygen atoms in total. The first-order valence-corrected chi connectivity index (χ1v) is 8.87. The first-order valence-electron chi connectivity index (χ1n) is 8.06. The van der Waals surface area contributed by atoms with Gasteiger partial charge in [-0.2, -0.15) is 0 Å². The quantitative estimate of drug-likeness (QED) is 0.716. The van der Waals surface area contributed by atoms with Crippen molar-refractivity contribution in [1.29, 1.82) is 0 Å². The Morgan fingerprint density at radius 1 is 1.24 bits per heavy atom. The van der Waals surface area contributed by atoms with Crippen LogP contribution in [-0.4, -0.2) is 15.9 Å². The number of ether oxygens (including phenoxy) is 1. The van der Waals surface area contributed by atoms with Gasteiger partial charge in [0.2, 0.25) is 0 Å². The highest BCUT2D eigenvalue weighted by atomic mass is 32.1. The number of aromatic amines is 1. The molecule has 1 unspecified atom stereocenters. The van der Waals surface area contributed by atoms with Crippen molar-refractivity contribution in [2.75, 3.05) is 0 Å². The van der Waals surface area contributed by atoms with Gasteiger partial charge in [-0.05, 0) is 51.8 Å². The van der Waals surface area contributed by atoms with Crippen molar-refractivity contribution in [3.8, 4) is 0 Å². The summed E-state index contributed by atoms with van der Waals surface area (Å²) >= 11 is 1.47. The lowest BCUT2D eigenvalue weighted by molar-refractivity contribution is 0.0319. The predicted octanol–water partition coefficient (Wildman–Crippen LogP) is 4.14. The van der Waals surface area contributed by atoms with Gasteiger partial charge in [0.05, 0.1) is 10.9 Å². The average Bonchev–Trinajstić information content (AvgIpc) is 2.84. The Bertz CT molecular complexity index is 1030. The summed E-state index contributed by atoms with van der Waals surface area (Å²) in [5.74, 6) is -0.0626. The van der Waals surface area contributed by atoms with E-state index in [0.717, 1.165) is 21.6 Å². The fourth-order valence-corrected chi connectivity index (χ4v) is 3.74. The van der Waals surface area contributed by atoms with Crippen LogP contribution >= 0.6 is 11.3 Å². The lowest BCUT2D eigenvalue weighted by atomic mass is 10.1. The number of rotatable bonds is 3. The molecule has 1 N–H and O–H groups in total. The fraction of sp³-hybridized carbons (Fsp3) is 0.316. The molecule has 6 heteroatoms. The molecule has 0 saturated carbocycles. The number of aryl methyl sites for hydroxylation is 4. The van der Waals surface area contributed by atoms with E-state index in [-0.39, 0.29) is 5.56 Å². The summed E-state index contributed by atoms with van der Waals surface area (Å²) < 4.78 is 5.53. The Kier molecular flexibility index (Phi) is 4.47. The molecule has 0 fully saturated rings. The third kappa shape index (κ3) is 3.22. The van der Waals surface area contributed by atoms with Crippen LogP contribution in [0.2, 0.25) is 0 Å². The summed E-state index contributed by atoms with van der Waals surface area (Å²) in [4.78, 5) is 33.8. The van der Waals surface area contributed by atoms with E-state index in [9.17, 15) is 9.59 Å². The second-order valence-electron chi connectivity index (χ2n) is 6.28. The molecule has 0 aliphatic carbocycles. The molecule has 130 valence electrons. The second kappa shape index (κ2) is 6.44. The van der Waals surface area contributed by atoms with Gasteiger partial charge in [-0.1, -0.05) is 17.7 Å². The van der Waals surface area contributed by atoms with Crippen molar-refractivity contribution < 1.29 is 9.53 Å². The molecule has 0 aliphatic heterocycles. The molecular weight excluding hydrogens is 336 g/mol. The highest BCUT2D eigenvalue weighted by Crippen LogP contribution is 2.27. The van der Waals surface area contributed by atoms with Crippen molar-refractivity contribution in [3.05, 3.63) is 61.5 Å². The van der Waals surface area contributed by atoms with Crippen LogP contribution in [0.25, 0.3) is 10.2 Å². The number of nitrogens with zero attached hydrogens (tertiary/aromatic N) is 1. The minimum absolute atomic E-state index is 0.198. The summed E-state index contributed by atoms with van der Waals surface area (Å²) in [7, 11) is 0. The number of nitrogens with one attached hydrogen (secondary N) is 1. The summed E-state index contributed by atoms with van der Waals surface area (Å²) in [6.45, 7) is 9.37. The zero-order chi connectivity index (χ0) is 18.3. The highest BCUT2D eigenvalue weighted by molar-refractivity contribution is 7.18. The third-order valence-electron chi connectivity index (χ3n) is 4.34. The average molecular weight is 356 g/mol. The first-order chi connectivity index (χ1) is 11.8. The lowest BCUT2D eigenvalue weighted by Crippen LogP contribution is -2.17. The van der Waals surface area contributed by atoms with Crippen molar-refractivity contribution in [3.63, 3.8) is 0 Å². The smallest absolute Gasteiger partial charge is 0.339 e. The minimum Gasteiger partial charge on any atom is -0.451 e. The molecule has 1 atom stereocenters. The van der Waals surface area contributed by atoms with Gasteiger partial charge in [0.25, 0.3) is 5.56 Å². The minimum atomic E-state index is -0.646. The van der Waals surface area contributed by atoms with E-state index in [0.29, 0.717) is 21.6 Å². The van der Waals surface area contributed by atoms with Gasteiger partial charge < -0.3 is 9.72 Å². The van der Waals surface area contributed by atoms with Crippen LogP contribution in [0.3, 0.4) is 0 Å². The monoisotopic (exact) mass is 356 g/mol. The Morgan fingerprint density at radius 3 is 2.68 bits per heavy atom. The number of hydrogen-bond acceptors (Lipinski definition) is 5. The van der Waals surface area contributed by atoms with Crippen LogP contribution in [0, 0.1) is 27.7 Å². The molecule has 25 heavy (non-hydrogen) atoms. The van der Waals surface area contributed by atoms with Crippen molar-refractivity contribution in [2.24, 2.45) is 0 Å². The number of carbonyl (C=O) groups excluding carboxylic acids is 1. The Balaban J connectivity index is 1.92. The molecule has 3 aromatic rings. The Labute approximate surface area is 149 Å². The molecular formula is C19H20N2O3S. The van der Waals surface area contributed by atoms with Crippen LogP contribution in [0.1, 0.15) is 50.8 Å². The van der Waals surface area contributed by atoms with Crippen LogP contribution in [0.5, 0.6) is 0 Å². The van der Waals surface area contributed by atoms with E-state index in [2.05, 4.69) is 9.97 Å². The number of fused-ring (bicyclic) bond motifs is 1. The lowest BCUT2D eigenvalue weighted by Gasteiger charge is -2.14. The third-order valence-corrected chi connectivity index (χ3v) is 5.44. The molecule has 3 rings (SSSR count). The maximum absolute atomic E-state index is 12.5. The zero-order valence-electron chi connectivity index (χ0n) is 14.9. The first kappa shape index (κ1) is 17.4. The zero-order valence-corrected chi connectivity index (χ0v) is 15.7. The number of benzene rings is 1. The molecule has 1 aromatic carbocycles. The fourth-order valence-electron chi connectivity index (χ4n) is 2.70. The predicted molar refractivity (Wildman–Crippen MR) is 99.5 cm³/mol.